The van der Waals surface area contributed by atoms with Gasteiger partial charge < -0.3 is 14.2 Å². The van der Waals surface area contributed by atoms with Crippen LogP contribution in [-0.4, -0.2) is 58.9 Å². The van der Waals surface area contributed by atoms with Gasteiger partial charge in [0, 0.05) is 67.3 Å². The molecule has 1 aromatic heterocycles. The number of hydrogen-bond acceptors (Lipinski definition) is 3. The van der Waals surface area contributed by atoms with Crippen molar-refractivity contribution in [1.82, 2.24) is 14.4 Å². The molecule has 7 heteroatoms. The maximum Gasteiger partial charge on any atom is 0.254 e. The minimum absolute atomic E-state index is 0.0249. The van der Waals surface area contributed by atoms with E-state index in [-0.39, 0.29) is 11.7 Å². The molecule has 3 aromatic carbocycles. The SMILES string of the molecule is Cc1c(C)n(CCCCl)c2ccc(Oc3cccc(C(=O)N4CCN(CCc5ccc(F)cc5)CC4)c3)cc12. The molecule has 1 aliphatic heterocycles. The first-order chi connectivity index (χ1) is 18.9. The average molecular weight is 548 g/mol. The standard InChI is InChI=1S/C32H35ClFN3O2/c1-23-24(2)37(15-4-14-33)31-12-11-29(22-30(23)31)39-28-6-3-5-26(21-28)32(38)36-19-17-35(18-20-36)16-13-25-7-9-27(34)10-8-25/h3,5-12,21-22H,4,13-20H2,1-2H3. The summed E-state index contributed by atoms with van der Waals surface area (Å²) in [4.78, 5) is 17.5. The topological polar surface area (TPSA) is 37.7 Å². The zero-order valence-corrected chi connectivity index (χ0v) is 23.4. The summed E-state index contributed by atoms with van der Waals surface area (Å²) in [5.41, 5.74) is 5.43. The van der Waals surface area contributed by atoms with E-state index in [1.807, 2.05) is 47.4 Å². The van der Waals surface area contributed by atoms with Gasteiger partial charge >= 0.3 is 0 Å². The summed E-state index contributed by atoms with van der Waals surface area (Å²) in [7, 11) is 0. The molecule has 1 amide bonds. The molecule has 39 heavy (non-hydrogen) atoms. The molecule has 0 radical (unpaired) electrons. The Kier molecular flexibility index (Phi) is 8.53. The first-order valence-corrected chi connectivity index (χ1v) is 14.2. The summed E-state index contributed by atoms with van der Waals surface area (Å²) in [5, 5.41) is 1.17. The van der Waals surface area contributed by atoms with Gasteiger partial charge in [0.2, 0.25) is 0 Å². The van der Waals surface area contributed by atoms with Crippen LogP contribution in [0.5, 0.6) is 11.5 Å². The van der Waals surface area contributed by atoms with Gasteiger partial charge in [0.15, 0.2) is 0 Å². The number of halogens is 2. The van der Waals surface area contributed by atoms with Gasteiger partial charge in [-0.3, -0.25) is 9.69 Å². The fourth-order valence-electron chi connectivity index (χ4n) is 5.32. The molecule has 5 nitrogen and oxygen atoms in total. The van der Waals surface area contributed by atoms with E-state index in [0.717, 1.165) is 50.3 Å². The van der Waals surface area contributed by atoms with E-state index in [9.17, 15) is 9.18 Å². The lowest BCUT2D eigenvalue weighted by atomic mass is 10.1. The van der Waals surface area contributed by atoms with Crippen LogP contribution in [0.15, 0.2) is 66.7 Å². The Morgan fingerprint density at radius 1 is 0.923 bits per heavy atom. The molecule has 0 saturated carbocycles. The van der Waals surface area contributed by atoms with Crippen LogP contribution in [0.3, 0.4) is 0 Å². The minimum atomic E-state index is -0.208. The van der Waals surface area contributed by atoms with Crippen LogP contribution in [0, 0.1) is 19.7 Å². The first kappa shape index (κ1) is 27.2. The number of carbonyl (C=O) groups is 1. The van der Waals surface area contributed by atoms with Gasteiger partial charge in [0.25, 0.3) is 5.91 Å². The second kappa shape index (κ2) is 12.2. The number of hydrogen-bond donors (Lipinski definition) is 0. The van der Waals surface area contributed by atoms with Gasteiger partial charge in [-0.1, -0.05) is 18.2 Å². The van der Waals surface area contributed by atoms with Crippen molar-refractivity contribution in [2.75, 3.05) is 38.6 Å². The van der Waals surface area contributed by atoms with Gasteiger partial charge in [0.05, 0.1) is 0 Å². The number of alkyl halides is 1. The van der Waals surface area contributed by atoms with Crippen LogP contribution in [-0.2, 0) is 13.0 Å². The van der Waals surface area contributed by atoms with E-state index in [1.165, 1.54) is 34.3 Å². The molecule has 0 N–H and O–H groups in total. The first-order valence-electron chi connectivity index (χ1n) is 13.6. The van der Waals surface area contributed by atoms with Crippen LogP contribution >= 0.6 is 11.6 Å². The van der Waals surface area contributed by atoms with Gasteiger partial charge in [0.1, 0.15) is 17.3 Å². The number of rotatable bonds is 9. The second-order valence-corrected chi connectivity index (χ2v) is 10.6. The highest BCUT2D eigenvalue weighted by Gasteiger charge is 2.22. The Balaban J connectivity index is 1.20. The van der Waals surface area contributed by atoms with Gasteiger partial charge in [-0.25, -0.2) is 4.39 Å². The summed E-state index contributed by atoms with van der Waals surface area (Å²) in [6.07, 6.45) is 1.80. The van der Waals surface area contributed by atoms with Gasteiger partial charge in [-0.15, -0.1) is 11.6 Å². The Morgan fingerprint density at radius 2 is 1.67 bits per heavy atom. The Hall–Kier alpha value is -3.35. The quantitative estimate of drug-likeness (QED) is 0.216. The molecular formula is C32H35ClFN3O2. The normalized spacial score (nSPS) is 14.2. The summed E-state index contributed by atoms with van der Waals surface area (Å²) in [5.74, 6) is 1.85. The van der Waals surface area contributed by atoms with E-state index < -0.39 is 0 Å². The number of aromatic nitrogens is 1. The molecule has 0 atom stereocenters. The largest absolute Gasteiger partial charge is 0.457 e. The molecule has 204 valence electrons. The number of aryl methyl sites for hydroxylation is 2. The van der Waals surface area contributed by atoms with Crippen molar-refractivity contribution < 1.29 is 13.9 Å². The molecule has 0 bridgehead atoms. The predicted octanol–water partition coefficient (Wildman–Crippen LogP) is 6.82. The molecule has 5 rings (SSSR count). The van der Waals surface area contributed by atoms with E-state index in [2.05, 4.69) is 35.4 Å². The van der Waals surface area contributed by atoms with Crippen molar-refractivity contribution in [3.8, 4) is 11.5 Å². The Bertz CT molecular complexity index is 1440. The van der Waals surface area contributed by atoms with E-state index in [1.54, 1.807) is 0 Å². The highest BCUT2D eigenvalue weighted by atomic mass is 35.5. The third-order valence-corrected chi connectivity index (χ3v) is 8.00. The van der Waals surface area contributed by atoms with E-state index in [4.69, 9.17) is 16.3 Å². The molecule has 1 saturated heterocycles. The van der Waals surface area contributed by atoms with Crippen LogP contribution in [0.2, 0.25) is 0 Å². The molecular weight excluding hydrogens is 513 g/mol. The lowest BCUT2D eigenvalue weighted by molar-refractivity contribution is 0.0638. The number of carbonyl (C=O) groups excluding carboxylic acids is 1. The van der Waals surface area contributed by atoms with Crippen molar-refractivity contribution in [3.63, 3.8) is 0 Å². The summed E-state index contributed by atoms with van der Waals surface area (Å²) in [6, 6.07) is 20.3. The number of ether oxygens (including phenoxy) is 1. The monoisotopic (exact) mass is 547 g/mol. The molecule has 2 heterocycles. The van der Waals surface area contributed by atoms with Crippen molar-refractivity contribution in [3.05, 3.63) is 94.9 Å². The highest BCUT2D eigenvalue weighted by molar-refractivity contribution is 6.17. The lowest BCUT2D eigenvalue weighted by Gasteiger charge is -2.34. The number of nitrogens with zero attached hydrogens (tertiary/aromatic N) is 3. The van der Waals surface area contributed by atoms with Crippen molar-refractivity contribution in [1.29, 1.82) is 0 Å². The number of amides is 1. The van der Waals surface area contributed by atoms with Crippen LogP contribution in [0.25, 0.3) is 10.9 Å². The zero-order chi connectivity index (χ0) is 27.4. The van der Waals surface area contributed by atoms with Gasteiger partial charge in [-0.2, -0.15) is 0 Å². The summed E-state index contributed by atoms with van der Waals surface area (Å²) in [6.45, 7) is 9.10. The van der Waals surface area contributed by atoms with Crippen LogP contribution in [0.1, 0.15) is 33.6 Å². The summed E-state index contributed by atoms with van der Waals surface area (Å²) < 4.78 is 21.7. The van der Waals surface area contributed by atoms with Crippen LogP contribution in [0.4, 0.5) is 4.39 Å². The summed E-state index contributed by atoms with van der Waals surface area (Å²) >= 11 is 5.93. The smallest absolute Gasteiger partial charge is 0.254 e. The number of benzene rings is 3. The number of piperazine rings is 1. The van der Waals surface area contributed by atoms with E-state index in [0.29, 0.717) is 30.3 Å². The third kappa shape index (κ3) is 6.29. The fraction of sp³-hybridized carbons (Fsp3) is 0.344. The van der Waals surface area contributed by atoms with E-state index >= 15 is 0 Å². The maximum atomic E-state index is 13.3. The Morgan fingerprint density at radius 3 is 2.41 bits per heavy atom. The zero-order valence-electron chi connectivity index (χ0n) is 22.6. The molecule has 1 aliphatic rings. The predicted molar refractivity (Wildman–Crippen MR) is 156 cm³/mol. The molecule has 1 fully saturated rings. The Labute approximate surface area is 234 Å². The van der Waals surface area contributed by atoms with Crippen molar-refractivity contribution >= 4 is 28.4 Å². The molecule has 0 aliphatic carbocycles. The minimum Gasteiger partial charge on any atom is -0.457 e. The lowest BCUT2D eigenvalue weighted by Crippen LogP contribution is -2.49. The molecule has 0 unspecified atom stereocenters. The molecule has 0 spiro atoms. The van der Waals surface area contributed by atoms with Crippen LogP contribution < -0.4 is 4.74 Å². The fourth-order valence-corrected chi connectivity index (χ4v) is 5.44. The molecule has 4 aromatic rings. The maximum absolute atomic E-state index is 13.3. The third-order valence-electron chi connectivity index (χ3n) is 7.73. The second-order valence-electron chi connectivity index (χ2n) is 10.2. The van der Waals surface area contributed by atoms with Crippen molar-refractivity contribution in [2.24, 2.45) is 0 Å². The highest BCUT2D eigenvalue weighted by Crippen LogP contribution is 2.31. The van der Waals surface area contributed by atoms with Gasteiger partial charge in [-0.05, 0) is 86.3 Å². The average Bonchev–Trinajstić information content (AvgIpc) is 3.20. The van der Waals surface area contributed by atoms with Crippen molar-refractivity contribution in [2.45, 2.75) is 33.2 Å². The number of fused-ring (bicyclic) bond motifs is 1.